The minimum Gasteiger partial charge on any atom is -0.497 e. The lowest BCUT2D eigenvalue weighted by atomic mass is 10.0. The highest BCUT2D eigenvalue weighted by Gasteiger charge is 2.31. The molecule has 3 aromatic rings. The average molecular weight is 610 g/mol. The molecule has 9 nitrogen and oxygen atoms in total. The van der Waals surface area contributed by atoms with Gasteiger partial charge in [0.2, 0.25) is 21.8 Å². The Balaban J connectivity index is 1.91. The molecule has 0 radical (unpaired) electrons. The largest absolute Gasteiger partial charge is 0.497 e. The number of sulfonamides is 1. The van der Waals surface area contributed by atoms with E-state index in [1.54, 1.807) is 36.3 Å². The van der Waals surface area contributed by atoms with Crippen LogP contribution in [0.5, 0.6) is 11.5 Å². The first-order chi connectivity index (χ1) is 20.5. The molecule has 232 valence electrons. The van der Waals surface area contributed by atoms with Crippen molar-refractivity contribution >= 4 is 27.5 Å². The van der Waals surface area contributed by atoms with Crippen LogP contribution in [0, 0.1) is 0 Å². The topological polar surface area (TPSA) is 105 Å². The van der Waals surface area contributed by atoms with Gasteiger partial charge in [-0.3, -0.25) is 13.9 Å². The molecule has 0 bridgehead atoms. The van der Waals surface area contributed by atoms with Crippen LogP contribution in [0.25, 0.3) is 0 Å². The van der Waals surface area contributed by atoms with Crippen LogP contribution in [0.4, 0.5) is 5.69 Å². The fourth-order valence-corrected chi connectivity index (χ4v) is 5.69. The minimum atomic E-state index is -3.63. The van der Waals surface area contributed by atoms with Gasteiger partial charge in [0, 0.05) is 38.0 Å². The number of nitrogens with zero attached hydrogens (tertiary/aromatic N) is 2. The van der Waals surface area contributed by atoms with Gasteiger partial charge in [0.1, 0.15) is 17.5 Å². The third kappa shape index (κ3) is 10.0. The van der Waals surface area contributed by atoms with E-state index in [1.165, 1.54) is 11.4 Å². The molecule has 0 unspecified atom stereocenters. The molecule has 2 atom stereocenters. The lowest BCUT2D eigenvalue weighted by Gasteiger charge is -2.33. The molecule has 0 saturated carbocycles. The van der Waals surface area contributed by atoms with E-state index in [0.29, 0.717) is 23.6 Å². The standard InChI is InChI=1S/C33H43N3O6S/c1-6-25(2)34-33(38)31(22-26-13-8-7-9-14-26)35(24-27-15-10-17-29(21-27)41-3)32(37)19-12-20-36(43(5,39)40)28-16-11-18-30(23-28)42-4/h7-11,13-18,21,23,25,31H,6,12,19-20,22,24H2,1-5H3,(H,34,38)/t25-,31+/m0/s1. The molecular weight excluding hydrogens is 566 g/mol. The van der Waals surface area contributed by atoms with Gasteiger partial charge < -0.3 is 19.7 Å². The number of methoxy groups -OCH3 is 2. The van der Waals surface area contributed by atoms with Crippen molar-refractivity contribution in [3.05, 3.63) is 90.0 Å². The first kappa shape index (κ1) is 33.5. The first-order valence-corrected chi connectivity index (χ1v) is 16.3. The van der Waals surface area contributed by atoms with Crippen molar-refractivity contribution in [1.82, 2.24) is 10.2 Å². The Bertz CT molecular complexity index is 1450. The molecule has 0 fully saturated rings. The molecule has 10 heteroatoms. The van der Waals surface area contributed by atoms with E-state index in [2.05, 4.69) is 5.32 Å². The lowest BCUT2D eigenvalue weighted by molar-refractivity contribution is -0.141. The van der Waals surface area contributed by atoms with Gasteiger partial charge in [-0.15, -0.1) is 0 Å². The van der Waals surface area contributed by atoms with Crippen molar-refractivity contribution in [2.75, 3.05) is 31.3 Å². The molecule has 3 aromatic carbocycles. The molecule has 0 spiro atoms. The van der Waals surface area contributed by atoms with Gasteiger partial charge in [0.15, 0.2) is 0 Å². The van der Waals surface area contributed by atoms with Gasteiger partial charge in [0.25, 0.3) is 0 Å². The fourth-order valence-electron chi connectivity index (χ4n) is 4.73. The van der Waals surface area contributed by atoms with Crippen LogP contribution in [0.3, 0.4) is 0 Å². The Morgan fingerprint density at radius 1 is 0.884 bits per heavy atom. The SMILES string of the molecule is CC[C@H](C)NC(=O)[C@@H](Cc1ccccc1)N(Cc1cccc(OC)c1)C(=O)CCCN(c1cccc(OC)c1)S(C)(=O)=O. The summed E-state index contributed by atoms with van der Waals surface area (Å²) in [5.41, 5.74) is 2.20. The highest BCUT2D eigenvalue weighted by atomic mass is 32.2. The minimum absolute atomic E-state index is 0.0435. The van der Waals surface area contributed by atoms with E-state index in [9.17, 15) is 18.0 Å². The zero-order chi connectivity index (χ0) is 31.4. The Morgan fingerprint density at radius 2 is 1.51 bits per heavy atom. The molecular formula is C33H43N3O6S. The van der Waals surface area contributed by atoms with Crippen LogP contribution in [-0.4, -0.2) is 64.2 Å². The quantitative estimate of drug-likeness (QED) is 0.250. The molecule has 43 heavy (non-hydrogen) atoms. The Morgan fingerprint density at radius 3 is 2.14 bits per heavy atom. The third-order valence-corrected chi connectivity index (χ3v) is 8.45. The molecule has 0 saturated heterocycles. The van der Waals surface area contributed by atoms with Gasteiger partial charge in [-0.05, 0) is 55.2 Å². The van der Waals surface area contributed by atoms with E-state index < -0.39 is 16.1 Å². The lowest BCUT2D eigenvalue weighted by Crippen LogP contribution is -2.52. The number of anilines is 1. The van der Waals surface area contributed by atoms with Gasteiger partial charge in [0.05, 0.1) is 26.2 Å². The number of carbonyl (C=O) groups excluding carboxylic acids is 2. The number of amides is 2. The summed E-state index contributed by atoms with van der Waals surface area (Å²) >= 11 is 0. The molecule has 0 heterocycles. The molecule has 2 amide bonds. The van der Waals surface area contributed by atoms with Crippen LogP contribution in [0.15, 0.2) is 78.9 Å². The van der Waals surface area contributed by atoms with Crippen LogP contribution in [0.2, 0.25) is 0 Å². The van der Waals surface area contributed by atoms with E-state index in [4.69, 9.17) is 9.47 Å². The zero-order valence-corrected chi connectivity index (χ0v) is 26.5. The number of ether oxygens (including phenoxy) is 2. The Labute approximate surface area is 255 Å². The van der Waals surface area contributed by atoms with Gasteiger partial charge in [-0.25, -0.2) is 8.42 Å². The van der Waals surface area contributed by atoms with Crippen LogP contribution in [-0.2, 0) is 32.6 Å². The highest BCUT2D eigenvalue weighted by molar-refractivity contribution is 7.92. The van der Waals surface area contributed by atoms with E-state index in [0.717, 1.165) is 23.8 Å². The second-order valence-corrected chi connectivity index (χ2v) is 12.4. The summed E-state index contributed by atoms with van der Waals surface area (Å²) in [4.78, 5) is 29.3. The van der Waals surface area contributed by atoms with E-state index in [-0.39, 0.29) is 43.8 Å². The molecule has 1 N–H and O–H groups in total. The molecule has 0 aliphatic carbocycles. The van der Waals surface area contributed by atoms with Crippen molar-refractivity contribution in [1.29, 1.82) is 0 Å². The number of rotatable bonds is 16. The molecule has 3 rings (SSSR count). The Kier molecular flexibility index (Phi) is 12.4. The Hall–Kier alpha value is -4.05. The van der Waals surface area contributed by atoms with Crippen molar-refractivity contribution in [3.8, 4) is 11.5 Å². The van der Waals surface area contributed by atoms with Crippen molar-refractivity contribution in [2.45, 2.75) is 58.2 Å². The summed E-state index contributed by atoms with van der Waals surface area (Å²) in [7, 11) is -0.534. The summed E-state index contributed by atoms with van der Waals surface area (Å²) in [5.74, 6) is 0.698. The number of benzene rings is 3. The number of hydrogen-bond acceptors (Lipinski definition) is 6. The van der Waals surface area contributed by atoms with Gasteiger partial charge in [-0.1, -0.05) is 55.5 Å². The fraction of sp³-hybridized carbons (Fsp3) is 0.394. The summed E-state index contributed by atoms with van der Waals surface area (Å²) < 4.78 is 37.3. The van der Waals surface area contributed by atoms with E-state index in [1.807, 2.05) is 68.4 Å². The normalized spacial score (nSPS) is 12.6. The average Bonchev–Trinajstić information content (AvgIpc) is 3.00. The highest BCUT2D eigenvalue weighted by Crippen LogP contribution is 2.24. The first-order valence-electron chi connectivity index (χ1n) is 14.4. The van der Waals surface area contributed by atoms with Crippen LogP contribution >= 0.6 is 0 Å². The van der Waals surface area contributed by atoms with Gasteiger partial charge >= 0.3 is 0 Å². The van der Waals surface area contributed by atoms with Gasteiger partial charge in [-0.2, -0.15) is 0 Å². The predicted octanol–water partition coefficient (Wildman–Crippen LogP) is 4.80. The van der Waals surface area contributed by atoms with Crippen LogP contribution < -0.4 is 19.1 Å². The molecule has 0 aromatic heterocycles. The summed E-state index contributed by atoms with van der Waals surface area (Å²) in [6.45, 7) is 4.20. The van der Waals surface area contributed by atoms with Crippen molar-refractivity contribution in [2.24, 2.45) is 0 Å². The molecule has 0 aliphatic rings. The summed E-state index contributed by atoms with van der Waals surface area (Å²) in [6, 6.07) is 23.0. The molecule has 0 aliphatic heterocycles. The second-order valence-electron chi connectivity index (χ2n) is 10.5. The monoisotopic (exact) mass is 609 g/mol. The van der Waals surface area contributed by atoms with Crippen LogP contribution in [0.1, 0.15) is 44.2 Å². The smallest absolute Gasteiger partial charge is 0.243 e. The predicted molar refractivity (Wildman–Crippen MR) is 170 cm³/mol. The summed E-state index contributed by atoms with van der Waals surface area (Å²) in [6.07, 6.45) is 2.51. The van der Waals surface area contributed by atoms with E-state index >= 15 is 0 Å². The number of carbonyl (C=O) groups is 2. The second kappa shape index (κ2) is 16.0. The maximum atomic E-state index is 14.0. The number of nitrogens with one attached hydrogen (secondary N) is 1. The zero-order valence-electron chi connectivity index (χ0n) is 25.7. The summed E-state index contributed by atoms with van der Waals surface area (Å²) in [5, 5.41) is 3.06. The number of hydrogen-bond donors (Lipinski definition) is 1. The van der Waals surface area contributed by atoms with Crippen molar-refractivity contribution < 1.29 is 27.5 Å². The maximum Gasteiger partial charge on any atom is 0.243 e. The maximum absolute atomic E-state index is 14.0. The van der Waals surface area contributed by atoms with Crippen molar-refractivity contribution in [3.63, 3.8) is 0 Å². The third-order valence-electron chi connectivity index (χ3n) is 7.25.